The van der Waals surface area contributed by atoms with E-state index in [1.165, 1.54) is 11.3 Å². The van der Waals surface area contributed by atoms with Gasteiger partial charge in [0.15, 0.2) is 11.5 Å². The molecule has 2 heterocycles. The Labute approximate surface area is 127 Å². The van der Waals surface area contributed by atoms with Gasteiger partial charge in [0.1, 0.15) is 4.88 Å². The van der Waals surface area contributed by atoms with Crippen LogP contribution in [-0.2, 0) is 4.74 Å². The maximum atomic E-state index is 12.0. The molecule has 2 aromatic rings. The summed E-state index contributed by atoms with van der Waals surface area (Å²) >= 11 is 1.42. The SMILES string of the molecule is CN(C)CCCOC(=O)c1cc2cc3c(cc2s1)OCO3. The van der Waals surface area contributed by atoms with E-state index in [9.17, 15) is 4.79 Å². The van der Waals surface area contributed by atoms with Gasteiger partial charge in [-0.15, -0.1) is 11.3 Å². The number of hydrogen-bond acceptors (Lipinski definition) is 6. The number of carbonyl (C=O) groups is 1. The molecular weight excluding hydrogens is 290 g/mol. The number of hydrogen-bond donors (Lipinski definition) is 0. The van der Waals surface area contributed by atoms with Gasteiger partial charge in [0.2, 0.25) is 6.79 Å². The van der Waals surface area contributed by atoms with Crippen LogP contribution in [0.4, 0.5) is 0 Å². The van der Waals surface area contributed by atoms with Crippen molar-refractivity contribution >= 4 is 27.4 Å². The Morgan fingerprint density at radius 3 is 2.81 bits per heavy atom. The highest BCUT2D eigenvalue weighted by Crippen LogP contribution is 2.39. The highest BCUT2D eigenvalue weighted by atomic mass is 32.1. The Kier molecular flexibility index (Phi) is 3.98. The van der Waals surface area contributed by atoms with E-state index in [1.807, 2.05) is 32.3 Å². The van der Waals surface area contributed by atoms with E-state index >= 15 is 0 Å². The molecule has 0 unspecified atom stereocenters. The van der Waals surface area contributed by atoms with Crippen LogP contribution in [0.5, 0.6) is 11.5 Å². The smallest absolute Gasteiger partial charge is 0.348 e. The molecule has 21 heavy (non-hydrogen) atoms. The van der Waals surface area contributed by atoms with Gasteiger partial charge in [0.25, 0.3) is 0 Å². The number of ether oxygens (including phenoxy) is 3. The minimum absolute atomic E-state index is 0.257. The fourth-order valence-corrected chi connectivity index (χ4v) is 3.11. The van der Waals surface area contributed by atoms with Gasteiger partial charge in [0, 0.05) is 17.3 Å². The van der Waals surface area contributed by atoms with Gasteiger partial charge in [-0.05, 0) is 38.0 Å². The van der Waals surface area contributed by atoms with Crippen LogP contribution in [0.1, 0.15) is 16.1 Å². The Morgan fingerprint density at radius 2 is 2.05 bits per heavy atom. The van der Waals surface area contributed by atoms with Crippen LogP contribution in [-0.4, -0.2) is 44.9 Å². The first-order valence-electron chi connectivity index (χ1n) is 6.78. The molecule has 1 aliphatic heterocycles. The van der Waals surface area contributed by atoms with Crippen LogP contribution in [0.3, 0.4) is 0 Å². The highest BCUT2D eigenvalue weighted by molar-refractivity contribution is 7.20. The van der Waals surface area contributed by atoms with Crippen molar-refractivity contribution in [3.63, 3.8) is 0 Å². The fraction of sp³-hybridized carbons (Fsp3) is 0.400. The van der Waals surface area contributed by atoms with Crippen LogP contribution in [0.15, 0.2) is 18.2 Å². The summed E-state index contributed by atoms with van der Waals surface area (Å²) in [6.45, 7) is 1.60. The van der Waals surface area contributed by atoms with Gasteiger partial charge in [-0.1, -0.05) is 0 Å². The number of thiophene rings is 1. The van der Waals surface area contributed by atoms with Crippen molar-refractivity contribution in [2.75, 3.05) is 34.0 Å². The highest BCUT2D eigenvalue weighted by Gasteiger charge is 2.18. The zero-order valence-electron chi connectivity index (χ0n) is 12.0. The molecule has 0 spiro atoms. The molecular formula is C15H17NO4S. The second-order valence-electron chi connectivity index (χ2n) is 5.15. The summed E-state index contributed by atoms with van der Waals surface area (Å²) in [6.07, 6.45) is 0.833. The van der Waals surface area contributed by atoms with Crippen LogP contribution < -0.4 is 9.47 Å². The summed E-state index contributed by atoms with van der Waals surface area (Å²) in [5, 5.41) is 0.976. The van der Waals surface area contributed by atoms with Crippen LogP contribution in [0, 0.1) is 0 Å². The standard InChI is InChI=1S/C15H17NO4S/c1-16(2)4-3-5-18-15(17)14-7-10-6-11-12(20-9-19-11)8-13(10)21-14/h6-8H,3-5,9H2,1-2H3. The molecule has 1 aromatic heterocycles. The normalized spacial score (nSPS) is 13.1. The molecule has 3 rings (SSSR count). The average molecular weight is 307 g/mol. The zero-order valence-corrected chi connectivity index (χ0v) is 12.9. The van der Waals surface area contributed by atoms with E-state index in [0.717, 1.165) is 34.6 Å². The summed E-state index contributed by atoms with van der Waals surface area (Å²) in [5.74, 6) is 1.19. The van der Waals surface area contributed by atoms with Gasteiger partial charge >= 0.3 is 5.97 Å². The van der Waals surface area contributed by atoms with E-state index < -0.39 is 0 Å². The van der Waals surface area contributed by atoms with E-state index in [4.69, 9.17) is 14.2 Å². The first-order chi connectivity index (χ1) is 10.1. The van der Waals surface area contributed by atoms with Gasteiger partial charge in [-0.2, -0.15) is 0 Å². The fourth-order valence-electron chi connectivity index (χ4n) is 2.15. The number of benzene rings is 1. The van der Waals surface area contributed by atoms with Crippen molar-refractivity contribution in [3.8, 4) is 11.5 Å². The van der Waals surface area contributed by atoms with Crippen molar-refractivity contribution in [1.29, 1.82) is 0 Å². The van der Waals surface area contributed by atoms with E-state index in [1.54, 1.807) is 0 Å². The largest absolute Gasteiger partial charge is 0.461 e. The maximum absolute atomic E-state index is 12.0. The van der Waals surface area contributed by atoms with Crippen LogP contribution >= 0.6 is 11.3 Å². The molecule has 5 nitrogen and oxygen atoms in total. The molecule has 0 atom stereocenters. The molecule has 0 radical (unpaired) electrons. The lowest BCUT2D eigenvalue weighted by Gasteiger charge is -2.08. The summed E-state index contributed by atoms with van der Waals surface area (Å²) in [5.41, 5.74) is 0. The van der Waals surface area contributed by atoms with Gasteiger partial charge in [-0.25, -0.2) is 4.79 Å². The molecule has 0 amide bonds. The molecule has 0 fully saturated rings. The van der Waals surface area contributed by atoms with Gasteiger partial charge in [0.05, 0.1) is 6.61 Å². The zero-order chi connectivity index (χ0) is 14.8. The summed E-state index contributed by atoms with van der Waals surface area (Å²) in [4.78, 5) is 14.7. The monoisotopic (exact) mass is 307 g/mol. The molecule has 0 bridgehead atoms. The van der Waals surface area contributed by atoms with Crippen molar-refractivity contribution in [1.82, 2.24) is 4.90 Å². The lowest BCUT2D eigenvalue weighted by atomic mass is 10.2. The maximum Gasteiger partial charge on any atom is 0.348 e. The van der Waals surface area contributed by atoms with Gasteiger partial charge < -0.3 is 19.1 Å². The second-order valence-corrected chi connectivity index (χ2v) is 6.23. The average Bonchev–Trinajstić information content (AvgIpc) is 3.05. The second kappa shape index (κ2) is 5.91. The van der Waals surface area contributed by atoms with Crippen molar-refractivity contribution in [3.05, 3.63) is 23.1 Å². The Hall–Kier alpha value is -1.79. The molecule has 0 aliphatic carbocycles. The predicted octanol–water partition coefficient (Wildman–Crippen LogP) is 2.74. The Balaban J connectivity index is 1.68. The topological polar surface area (TPSA) is 48.0 Å². The first-order valence-corrected chi connectivity index (χ1v) is 7.60. The number of nitrogens with zero attached hydrogens (tertiary/aromatic N) is 1. The molecule has 112 valence electrons. The number of fused-ring (bicyclic) bond motifs is 2. The third-order valence-corrected chi connectivity index (χ3v) is 4.27. The molecule has 1 aliphatic rings. The Morgan fingerprint density at radius 1 is 1.29 bits per heavy atom. The third-order valence-electron chi connectivity index (χ3n) is 3.20. The molecule has 0 saturated carbocycles. The number of esters is 1. The summed E-state index contributed by atoms with van der Waals surface area (Å²) in [6, 6.07) is 5.65. The number of carbonyl (C=O) groups excluding carboxylic acids is 1. The molecule has 6 heteroatoms. The van der Waals surface area contributed by atoms with Crippen molar-refractivity contribution < 1.29 is 19.0 Å². The quantitative estimate of drug-likeness (QED) is 0.628. The van der Waals surface area contributed by atoms with Gasteiger partial charge in [-0.3, -0.25) is 0 Å². The predicted molar refractivity (Wildman–Crippen MR) is 81.4 cm³/mol. The van der Waals surface area contributed by atoms with E-state index in [2.05, 4.69) is 4.90 Å². The van der Waals surface area contributed by atoms with Crippen molar-refractivity contribution in [2.45, 2.75) is 6.42 Å². The minimum atomic E-state index is -0.267. The lowest BCUT2D eigenvalue weighted by Crippen LogP contribution is -2.16. The van der Waals surface area contributed by atoms with Crippen molar-refractivity contribution in [2.24, 2.45) is 0 Å². The lowest BCUT2D eigenvalue weighted by molar-refractivity contribution is 0.0499. The van der Waals surface area contributed by atoms with Crippen LogP contribution in [0.2, 0.25) is 0 Å². The third kappa shape index (κ3) is 3.11. The Bertz CT molecular complexity index is 624. The van der Waals surface area contributed by atoms with Crippen LogP contribution in [0.25, 0.3) is 10.1 Å². The minimum Gasteiger partial charge on any atom is -0.461 e. The molecule has 0 N–H and O–H groups in total. The van der Waals surface area contributed by atoms with E-state index in [-0.39, 0.29) is 12.8 Å². The van der Waals surface area contributed by atoms with E-state index in [0.29, 0.717) is 11.5 Å². The first kappa shape index (κ1) is 14.2. The molecule has 1 aromatic carbocycles. The summed E-state index contributed by atoms with van der Waals surface area (Å²) < 4.78 is 17.0. The number of rotatable bonds is 5. The summed E-state index contributed by atoms with van der Waals surface area (Å²) in [7, 11) is 3.99. The molecule has 0 saturated heterocycles.